The molecule has 160 valence electrons. The second kappa shape index (κ2) is 10.3. The van der Waals surface area contributed by atoms with Crippen molar-refractivity contribution in [2.45, 2.75) is 6.61 Å². The summed E-state index contributed by atoms with van der Waals surface area (Å²) in [5, 5.41) is 23.0. The number of nitro benzene ring substituents is 1. The van der Waals surface area contributed by atoms with Gasteiger partial charge in [-0.1, -0.05) is 28.1 Å². The van der Waals surface area contributed by atoms with Crippen molar-refractivity contribution in [3.63, 3.8) is 0 Å². The van der Waals surface area contributed by atoms with E-state index in [1.54, 1.807) is 30.3 Å². The normalized spacial score (nSPS) is 10.8. The Balaban J connectivity index is 1.82. The van der Waals surface area contributed by atoms with Crippen LogP contribution in [0.25, 0.3) is 6.08 Å². The maximum Gasteiger partial charge on any atom is 0.269 e. The second-order valence-electron chi connectivity index (χ2n) is 6.53. The molecule has 0 aliphatic rings. The SMILES string of the molecule is N#C/C(=C\c1cc(Br)ccc1OCc1cccc([N+](=O)[O-])c1)C(=O)Nc1ccc(F)cc1. The van der Waals surface area contributed by atoms with Crippen molar-refractivity contribution in [2.24, 2.45) is 0 Å². The molecule has 0 saturated heterocycles. The third kappa shape index (κ3) is 6.00. The van der Waals surface area contributed by atoms with E-state index in [4.69, 9.17) is 4.74 Å². The van der Waals surface area contributed by atoms with Crippen LogP contribution in [-0.2, 0) is 11.4 Å². The molecule has 0 heterocycles. The molecule has 3 rings (SSSR count). The number of anilines is 1. The summed E-state index contributed by atoms with van der Waals surface area (Å²) in [4.78, 5) is 23.0. The average Bonchev–Trinajstić information content (AvgIpc) is 2.78. The Morgan fingerprint density at radius 3 is 2.62 bits per heavy atom. The van der Waals surface area contributed by atoms with Crippen LogP contribution in [0.15, 0.2) is 76.8 Å². The lowest BCUT2D eigenvalue weighted by atomic mass is 10.1. The molecule has 1 amide bonds. The molecule has 0 radical (unpaired) electrons. The molecule has 3 aromatic carbocycles. The third-order valence-electron chi connectivity index (χ3n) is 4.25. The highest BCUT2D eigenvalue weighted by Gasteiger charge is 2.13. The average molecular weight is 496 g/mol. The van der Waals surface area contributed by atoms with E-state index in [2.05, 4.69) is 21.2 Å². The highest BCUT2D eigenvalue weighted by atomic mass is 79.9. The number of non-ortho nitro benzene ring substituents is 1. The van der Waals surface area contributed by atoms with Crippen molar-refractivity contribution >= 4 is 39.3 Å². The van der Waals surface area contributed by atoms with Crippen molar-refractivity contribution in [3.8, 4) is 11.8 Å². The fraction of sp³-hybridized carbons (Fsp3) is 0.0435. The predicted molar refractivity (Wildman–Crippen MR) is 120 cm³/mol. The summed E-state index contributed by atoms with van der Waals surface area (Å²) < 4.78 is 19.5. The molecule has 7 nitrogen and oxygen atoms in total. The molecule has 3 aromatic rings. The Bertz CT molecular complexity index is 1240. The highest BCUT2D eigenvalue weighted by molar-refractivity contribution is 9.10. The summed E-state index contributed by atoms with van der Waals surface area (Å²) in [6.07, 6.45) is 1.37. The summed E-state index contributed by atoms with van der Waals surface area (Å²) in [7, 11) is 0. The Morgan fingerprint density at radius 1 is 1.19 bits per heavy atom. The molecule has 0 aromatic heterocycles. The molecule has 0 aliphatic carbocycles. The van der Waals surface area contributed by atoms with Gasteiger partial charge < -0.3 is 10.1 Å². The molecule has 0 unspecified atom stereocenters. The fourth-order valence-electron chi connectivity index (χ4n) is 2.72. The minimum absolute atomic E-state index is 0.0494. The minimum atomic E-state index is -0.663. The molecular weight excluding hydrogens is 481 g/mol. The fourth-order valence-corrected chi connectivity index (χ4v) is 3.10. The Hall–Kier alpha value is -4.03. The van der Waals surface area contributed by atoms with Gasteiger partial charge in [-0.15, -0.1) is 0 Å². The largest absolute Gasteiger partial charge is 0.488 e. The Morgan fingerprint density at radius 2 is 1.94 bits per heavy atom. The summed E-state index contributed by atoms with van der Waals surface area (Å²) in [6, 6.07) is 18.1. The van der Waals surface area contributed by atoms with Gasteiger partial charge in [-0.05, 0) is 54.1 Å². The number of carbonyl (C=O) groups excluding carboxylic acids is 1. The molecular formula is C23H15BrFN3O4. The third-order valence-corrected chi connectivity index (χ3v) is 4.75. The van der Waals surface area contributed by atoms with Gasteiger partial charge in [0.2, 0.25) is 0 Å². The van der Waals surface area contributed by atoms with Crippen LogP contribution in [0.3, 0.4) is 0 Å². The zero-order valence-corrected chi connectivity index (χ0v) is 18.0. The number of halogens is 2. The van der Waals surface area contributed by atoms with Crippen LogP contribution in [0.5, 0.6) is 5.75 Å². The lowest BCUT2D eigenvalue weighted by Crippen LogP contribution is -2.13. The standard InChI is InChI=1S/C23H15BrFN3O4/c24-18-4-9-22(32-14-15-2-1-3-21(10-15)28(30)31)16(12-18)11-17(13-26)23(29)27-20-7-5-19(25)6-8-20/h1-12H,14H2,(H,27,29)/b17-11+. The van der Waals surface area contributed by atoms with Crippen LogP contribution in [0.2, 0.25) is 0 Å². The smallest absolute Gasteiger partial charge is 0.269 e. The number of hydrogen-bond donors (Lipinski definition) is 1. The summed E-state index contributed by atoms with van der Waals surface area (Å²) >= 11 is 3.35. The van der Waals surface area contributed by atoms with Gasteiger partial charge in [0.15, 0.2) is 0 Å². The van der Waals surface area contributed by atoms with Crippen molar-refractivity contribution in [3.05, 3.63) is 104 Å². The zero-order valence-electron chi connectivity index (χ0n) is 16.4. The first-order valence-electron chi connectivity index (χ1n) is 9.20. The highest BCUT2D eigenvalue weighted by Crippen LogP contribution is 2.27. The van der Waals surface area contributed by atoms with Crippen molar-refractivity contribution in [2.75, 3.05) is 5.32 Å². The van der Waals surface area contributed by atoms with Crippen molar-refractivity contribution < 1.29 is 18.8 Å². The molecule has 0 spiro atoms. The first kappa shape index (κ1) is 22.7. The number of rotatable bonds is 7. The van der Waals surface area contributed by atoms with Crippen LogP contribution in [0.4, 0.5) is 15.8 Å². The van der Waals surface area contributed by atoms with Gasteiger partial charge in [0.1, 0.15) is 29.8 Å². The number of benzene rings is 3. The van der Waals surface area contributed by atoms with E-state index in [0.29, 0.717) is 27.0 Å². The van der Waals surface area contributed by atoms with E-state index in [1.807, 2.05) is 6.07 Å². The van der Waals surface area contributed by atoms with E-state index in [1.165, 1.54) is 42.5 Å². The second-order valence-corrected chi connectivity index (χ2v) is 7.44. The number of ether oxygens (including phenoxy) is 1. The first-order chi connectivity index (χ1) is 15.4. The van der Waals surface area contributed by atoms with Gasteiger partial charge in [0, 0.05) is 27.9 Å². The van der Waals surface area contributed by atoms with E-state index in [9.17, 15) is 24.6 Å². The molecule has 0 saturated carbocycles. The predicted octanol–water partition coefficient (Wildman–Crippen LogP) is 5.62. The topological polar surface area (TPSA) is 105 Å². The lowest BCUT2D eigenvalue weighted by molar-refractivity contribution is -0.384. The zero-order chi connectivity index (χ0) is 23.1. The molecule has 32 heavy (non-hydrogen) atoms. The lowest BCUT2D eigenvalue weighted by Gasteiger charge is -2.11. The molecule has 0 bridgehead atoms. The number of nitrogens with zero attached hydrogens (tertiary/aromatic N) is 2. The maximum atomic E-state index is 13.0. The number of nitriles is 1. The van der Waals surface area contributed by atoms with Gasteiger partial charge in [-0.25, -0.2) is 4.39 Å². The van der Waals surface area contributed by atoms with Crippen LogP contribution >= 0.6 is 15.9 Å². The van der Waals surface area contributed by atoms with E-state index < -0.39 is 16.6 Å². The first-order valence-corrected chi connectivity index (χ1v) is 9.99. The van der Waals surface area contributed by atoms with Gasteiger partial charge >= 0.3 is 0 Å². The summed E-state index contributed by atoms with van der Waals surface area (Å²) in [6.45, 7) is 0.0494. The Kier molecular flexibility index (Phi) is 7.31. The van der Waals surface area contributed by atoms with Gasteiger partial charge in [0.05, 0.1) is 4.92 Å². The van der Waals surface area contributed by atoms with Crippen molar-refractivity contribution in [1.82, 2.24) is 0 Å². The van der Waals surface area contributed by atoms with Gasteiger partial charge in [0.25, 0.3) is 11.6 Å². The van der Waals surface area contributed by atoms with Gasteiger partial charge in [-0.2, -0.15) is 5.26 Å². The maximum absolute atomic E-state index is 13.0. The van der Waals surface area contributed by atoms with Crippen LogP contribution < -0.4 is 10.1 Å². The summed E-state index contributed by atoms with van der Waals surface area (Å²) in [5.74, 6) is -0.732. The number of nitrogens with one attached hydrogen (secondary N) is 1. The van der Waals surface area contributed by atoms with Crippen molar-refractivity contribution in [1.29, 1.82) is 5.26 Å². The molecule has 1 N–H and O–H groups in total. The van der Waals surface area contributed by atoms with E-state index in [0.717, 1.165) is 0 Å². The number of amides is 1. The summed E-state index contributed by atoms with van der Waals surface area (Å²) in [5.41, 5.74) is 1.15. The molecule has 9 heteroatoms. The molecule has 0 aliphatic heterocycles. The quantitative estimate of drug-likeness (QED) is 0.198. The van der Waals surface area contributed by atoms with E-state index in [-0.39, 0.29) is 17.9 Å². The monoisotopic (exact) mass is 495 g/mol. The van der Waals surface area contributed by atoms with E-state index >= 15 is 0 Å². The van der Waals surface area contributed by atoms with Crippen LogP contribution in [-0.4, -0.2) is 10.8 Å². The minimum Gasteiger partial charge on any atom is -0.488 e. The molecule has 0 fully saturated rings. The van der Waals surface area contributed by atoms with Crippen LogP contribution in [0.1, 0.15) is 11.1 Å². The number of nitro groups is 1. The Labute approximate surface area is 191 Å². The number of hydrogen-bond acceptors (Lipinski definition) is 5. The number of carbonyl (C=O) groups is 1. The van der Waals surface area contributed by atoms with Gasteiger partial charge in [-0.3, -0.25) is 14.9 Å². The molecule has 0 atom stereocenters. The van der Waals surface area contributed by atoms with Crippen LogP contribution in [0, 0.1) is 27.3 Å².